The van der Waals surface area contributed by atoms with Crippen molar-refractivity contribution in [3.8, 4) is 0 Å². The summed E-state index contributed by atoms with van der Waals surface area (Å²) in [6.07, 6.45) is 8.07. The number of ether oxygens (including phenoxy) is 1. The maximum Gasteiger partial charge on any atom is 0.231 e. The summed E-state index contributed by atoms with van der Waals surface area (Å²) in [4.78, 5) is 11.3. The fourth-order valence-electron chi connectivity index (χ4n) is 3.29. The lowest BCUT2D eigenvalue weighted by Gasteiger charge is -2.30. The van der Waals surface area contributed by atoms with Gasteiger partial charge in [-0.3, -0.25) is 0 Å². The molecule has 132 valence electrons. The van der Waals surface area contributed by atoms with Crippen molar-refractivity contribution in [2.75, 3.05) is 33.4 Å². The Morgan fingerprint density at radius 3 is 3.08 bits per heavy atom. The van der Waals surface area contributed by atoms with Gasteiger partial charge in [0.15, 0.2) is 5.82 Å². The van der Waals surface area contributed by atoms with Gasteiger partial charge >= 0.3 is 0 Å². The number of rotatable bonds is 8. The normalized spacial score (nSPS) is 19.0. The number of aryl methyl sites for hydroxylation is 2. The van der Waals surface area contributed by atoms with Gasteiger partial charge in [-0.25, -0.2) is 4.98 Å². The Labute approximate surface area is 143 Å². The van der Waals surface area contributed by atoms with Crippen LogP contribution in [-0.2, 0) is 17.7 Å². The number of aromatic nitrogens is 4. The molecule has 0 spiro atoms. The quantitative estimate of drug-likeness (QED) is 0.736. The van der Waals surface area contributed by atoms with Crippen molar-refractivity contribution in [3.05, 3.63) is 29.9 Å². The first-order chi connectivity index (χ1) is 11.8. The average molecular weight is 333 g/mol. The molecule has 0 bridgehead atoms. The molecule has 24 heavy (non-hydrogen) atoms. The molecule has 3 rings (SSSR count). The Bertz CT molecular complexity index is 624. The number of imidazole rings is 1. The molecule has 0 aromatic carbocycles. The Hall–Kier alpha value is -1.73. The van der Waals surface area contributed by atoms with E-state index in [1.54, 1.807) is 7.11 Å². The minimum atomic E-state index is 0.359. The van der Waals surface area contributed by atoms with E-state index in [-0.39, 0.29) is 0 Å². The van der Waals surface area contributed by atoms with Crippen molar-refractivity contribution in [2.24, 2.45) is 0 Å². The van der Waals surface area contributed by atoms with Crippen LogP contribution in [0.15, 0.2) is 16.9 Å². The van der Waals surface area contributed by atoms with Gasteiger partial charge in [-0.15, -0.1) is 0 Å². The van der Waals surface area contributed by atoms with Gasteiger partial charge in [0.05, 0.1) is 12.5 Å². The van der Waals surface area contributed by atoms with Crippen molar-refractivity contribution in [1.29, 1.82) is 0 Å². The lowest BCUT2D eigenvalue weighted by atomic mass is 9.98. The SMILES string of the molecule is COCCc1noc([C@@H]2CCCN(CCCn3ccnc3C)C2)n1. The van der Waals surface area contributed by atoms with Crippen LogP contribution in [-0.4, -0.2) is 57.9 Å². The topological polar surface area (TPSA) is 69.2 Å². The average Bonchev–Trinajstić information content (AvgIpc) is 3.23. The van der Waals surface area contributed by atoms with Gasteiger partial charge in [0, 0.05) is 39.0 Å². The number of hydrogen-bond acceptors (Lipinski definition) is 6. The molecule has 2 aromatic heterocycles. The second-order valence-corrected chi connectivity index (χ2v) is 6.45. The molecule has 1 fully saturated rings. The van der Waals surface area contributed by atoms with Gasteiger partial charge < -0.3 is 18.7 Å². The van der Waals surface area contributed by atoms with Crippen LogP contribution >= 0.6 is 0 Å². The van der Waals surface area contributed by atoms with Crippen LogP contribution in [0.5, 0.6) is 0 Å². The largest absolute Gasteiger partial charge is 0.384 e. The highest BCUT2D eigenvalue weighted by Gasteiger charge is 2.25. The molecule has 1 saturated heterocycles. The van der Waals surface area contributed by atoms with E-state index in [1.807, 2.05) is 19.3 Å². The molecular formula is C17H27N5O2. The van der Waals surface area contributed by atoms with Crippen LogP contribution in [0.25, 0.3) is 0 Å². The number of methoxy groups -OCH3 is 1. The Morgan fingerprint density at radius 1 is 1.38 bits per heavy atom. The van der Waals surface area contributed by atoms with Crippen molar-refractivity contribution in [2.45, 2.75) is 45.1 Å². The third-order valence-electron chi connectivity index (χ3n) is 4.67. The number of piperidine rings is 1. The maximum absolute atomic E-state index is 5.47. The molecule has 0 amide bonds. The third kappa shape index (κ3) is 4.42. The summed E-state index contributed by atoms with van der Waals surface area (Å²) in [6, 6.07) is 0. The maximum atomic E-state index is 5.47. The Kier molecular flexibility index (Phi) is 5.98. The van der Waals surface area contributed by atoms with Crippen LogP contribution in [0.2, 0.25) is 0 Å². The number of likely N-dealkylation sites (tertiary alicyclic amines) is 1. The standard InChI is InChI=1S/C17H27N5O2/c1-14-18-7-11-22(14)10-4-9-21-8-3-5-15(13-21)17-19-16(20-24-17)6-12-23-2/h7,11,15H,3-6,8-10,12-13H2,1-2H3/t15-/m1/s1. The summed E-state index contributed by atoms with van der Waals surface area (Å²) in [5, 5.41) is 4.06. The monoisotopic (exact) mass is 333 g/mol. The highest BCUT2D eigenvalue weighted by atomic mass is 16.5. The van der Waals surface area contributed by atoms with Gasteiger partial charge in [-0.1, -0.05) is 5.16 Å². The minimum absolute atomic E-state index is 0.359. The third-order valence-corrected chi connectivity index (χ3v) is 4.67. The first-order valence-electron chi connectivity index (χ1n) is 8.78. The molecule has 1 aliphatic rings. The van der Waals surface area contributed by atoms with E-state index >= 15 is 0 Å². The van der Waals surface area contributed by atoms with Crippen LogP contribution in [0.3, 0.4) is 0 Å². The summed E-state index contributed by atoms with van der Waals surface area (Å²) < 4.78 is 12.7. The second-order valence-electron chi connectivity index (χ2n) is 6.45. The predicted octanol–water partition coefficient (Wildman–Crippen LogP) is 2.03. The highest BCUT2D eigenvalue weighted by Crippen LogP contribution is 2.25. The molecule has 0 aliphatic carbocycles. The van der Waals surface area contributed by atoms with E-state index in [0.717, 1.165) is 56.6 Å². The van der Waals surface area contributed by atoms with Crippen molar-refractivity contribution in [1.82, 2.24) is 24.6 Å². The first kappa shape index (κ1) is 17.1. The van der Waals surface area contributed by atoms with Gasteiger partial charge in [0.1, 0.15) is 5.82 Å². The first-order valence-corrected chi connectivity index (χ1v) is 8.78. The van der Waals surface area contributed by atoms with E-state index in [2.05, 4.69) is 24.6 Å². The smallest absolute Gasteiger partial charge is 0.231 e. The fraction of sp³-hybridized carbons (Fsp3) is 0.706. The van der Waals surface area contributed by atoms with Crippen LogP contribution in [0.4, 0.5) is 0 Å². The summed E-state index contributed by atoms with van der Waals surface area (Å²) in [5.41, 5.74) is 0. The molecule has 0 radical (unpaired) electrons. The lowest BCUT2D eigenvalue weighted by Crippen LogP contribution is -2.35. The lowest BCUT2D eigenvalue weighted by molar-refractivity contribution is 0.182. The predicted molar refractivity (Wildman–Crippen MR) is 89.9 cm³/mol. The Morgan fingerprint density at radius 2 is 2.29 bits per heavy atom. The molecule has 0 N–H and O–H groups in total. The fourth-order valence-corrected chi connectivity index (χ4v) is 3.29. The Balaban J connectivity index is 1.47. The van der Waals surface area contributed by atoms with E-state index in [4.69, 9.17) is 9.26 Å². The zero-order valence-electron chi connectivity index (χ0n) is 14.6. The van der Waals surface area contributed by atoms with E-state index in [9.17, 15) is 0 Å². The van der Waals surface area contributed by atoms with Crippen LogP contribution < -0.4 is 0 Å². The molecule has 0 unspecified atom stereocenters. The number of nitrogens with zero attached hydrogens (tertiary/aromatic N) is 5. The molecule has 1 aliphatic heterocycles. The molecular weight excluding hydrogens is 306 g/mol. The van der Waals surface area contributed by atoms with Gasteiger partial charge in [0.25, 0.3) is 0 Å². The molecule has 0 saturated carbocycles. The molecule has 2 aromatic rings. The van der Waals surface area contributed by atoms with Crippen molar-refractivity contribution in [3.63, 3.8) is 0 Å². The zero-order chi connectivity index (χ0) is 16.8. The summed E-state index contributed by atoms with van der Waals surface area (Å²) >= 11 is 0. The summed E-state index contributed by atoms with van der Waals surface area (Å²) in [7, 11) is 1.69. The zero-order valence-corrected chi connectivity index (χ0v) is 14.6. The van der Waals surface area contributed by atoms with Gasteiger partial charge in [0.2, 0.25) is 5.89 Å². The van der Waals surface area contributed by atoms with E-state index in [1.165, 1.54) is 6.42 Å². The van der Waals surface area contributed by atoms with Gasteiger partial charge in [-0.05, 0) is 39.3 Å². The summed E-state index contributed by atoms with van der Waals surface area (Å²) in [5.74, 6) is 2.98. The minimum Gasteiger partial charge on any atom is -0.384 e. The molecule has 7 heteroatoms. The van der Waals surface area contributed by atoms with E-state index < -0.39 is 0 Å². The van der Waals surface area contributed by atoms with E-state index in [0.29, 0.717) is 18.9 Å². The second kappa shape index (κ2) is 8.39. The van der Waals surface area contributed by atoms with Crippen LogP contribution in [0, 0.1) is 6.92 Å². The molecule has 1 atom stereocenters. The molecule has 3 heterocycles. The highest BCUT2D eigenvalue weighted by molar-refractivity contribution is 4.97. The summed E-state index contributed by atoms with van der Waals surface area (Å²) in [6.45, 7) is 6.96. The number of hydrogen-bond donors (Lipinski definition) is 0. The van der Waals surface area contributed by atoms with Crippen molar-refractivity contribution < 1.29 is 9.26 Å². The van der Waals surface area contributed by atoms with Crippen molar-refractivity contribution >= 4 is 0 Å². The van der Waals surface area contributed by atoms with Gasteiger partial charge in [-0.2, -0.15) is 4.98 Å². The molecule has 7 nitrogen and oxygen atoms in total. The van der Waals surface area contributed by atoms with Crippen LogP contribution in [0.1, 0.15) is 42.7 Å².